The number of nitrogens with zero attached hydrogens (tertiary/aromatic N) is 1. The molecule has 0 spiro atoms. The van der Waals surface area contributed by atoms with Crippen molar-refractivity contribution in [1.82, 2.24) is 4.98 Å². The molecule has 1 unspecified atom stereocenters. The smallest absolute Gasteiger partial charge is 0.152 e. The summed E-state index contributed by atoms with van der Waals surface area (Å²) in [5.74, 6) is 0. The summed E-state index contributed by atoms with van der Waals surface area (Å²) in [4.78, 5) is 4.23. The fourth-order valence-electron chi connectivity index (χ4n) is 1.49. The van der Waals surface area contributed by atoms with E-state index >= 15 is 0 Å². The number of fused-ring (bicyclic) bond motifs is 1. The second-order valence-electron chi connectivity index (χ2n) is 3.34. The molecule has 74 valence electrons. The minimum absolute atomic E-state index is 0.0565. The van der Waals surface area contributed by atoms with Gasteiger partial charge in [0, 0.05) is 5.39 Å². The van der Waals surface area contributed by atoms with E-state index in [-0.39, 0.29) is 5.38 Å². The van der Waals surface area contributed by atoms with E-state index in [1.807, 2.05) is 13.0 Å². The Morgan fingerprint density at radius 3 is 3.00 bits per heavy atom. The summed E-state index contributed by atoms with van der Waals surface area (Å²) >= 11 is 5.97. The average molecular weight is 210 g/mol. The minimum Gasteiger partial charge on any atom is -0.462 e. The van der Waals surface area contributed by atoms with Crippen LogP contribution in [0.2, 0.25) is 0 Å². The van der Waals surface area contributed by atoms with E-state index in [2.05, 4.69) is 11.9 Å². The lowest BCUT2D eigenvalue weighted by atomic mass is 10.1. The highest BCUT2D eigenvalue weighted by atomic mass is 35.5. The maximum atomic E-state index is 5.97. The lowest BCUT2D eigenvalue weighted by molar-refractivity contribution is 0.609. The number of hydrogen-bond acceptors (Lipinski definition) is 2. The Morgan fingerprint density at radius 2 is 2.36 bits per heavy atom. The van der Waals surface area contributed by atoms with Crippen LogP contribution in [0.3, 0.4) is 0 Å². The third-order valence-electron chi connectivity index (χ3n) is 2.35. The second kappa shape index (κ2) is 3.62. The Morgan fingerprint density at radius 1 is 1.57 bits per heavy atom. The first-order valence-electron chi connectivity index (χ1n) is 4.72. The van der Waals surface area contributed by atoms with Crippen molar-refractivity contribution in [1.29, 1.82) is 0 Å². The van der Waals surface area contributed by atoms with Gasteiger partial charge in [-0.1, -0.05) is 6.92 Å². The summed E-state index contributed by atoms with van der Waals surface area (Å²) in [5, 5.41) is 1.07. The number of hydrogen-bond donors (Lipinski definition) is 0. The third-order valence-corrected chi connectivity index (χ3v) is 2.57. The highest BCUT2D eigenvalue weighted by molar-refractivity contribution is 6.20. The maximum absolute atomic E-state index is 5.97. The molecule has 0 bridgehead atoms. The molecule has 0 aliphatic carbocycles. The van der Waals surface area contributed by atoms with E-state index in [0.29, 0.717) is 0 Å². The number of aromatic nitrogens is 1. The number of alkyl halides is 1. The Labute approximate surface area is 87.9 Å². The lowest BCUT2D eigenvalue weighted by Crippen LogP contribution is -1.89. The topological polar surface area (TPSA) is 26.0 Å². The van der Waals surface area contributed by atoms with Crippen LogP contribution in [-0.4, -0.2) is 4.98 Å². The minimum atomic E-state index is -0.0565. The van der Waals surface area contributed by atoms with E-state index in [9.17, 15) is 0 Å². The molecule has 3 heteroatoms. The molecular formula is C11H12ClNO. The predicted octanol–water partition coefficient (Wildman–Crippen LogP) is 3.69. The molecule has 0 N–H and O–H groups in total. The van der Waals surface area contributed by atoms with Crippen molar-refractivity contribution in [3.63, 3.8) is 0 Å². The molecule has 14 heavy (non-hydrogen) atoms. The molecule has 0 aliphatic rings. The largest absolute Gasteiger partial charge is 0.462 e. The van der Waals surface area contributed by atoms with Gasteiger partial charge in [-0.05, 0) is 25.0 Å². The first kappa shape index (κ1) is 9.53. The highest BCUT2D eigenvalue weighted by Crippen LogP contribution is 2.25. The summed E-state index contributed by atoms with van der Waals surface area (Å²) in [6.07, 6.45) is 4.49. The number of pyridine rings is 1. The number of furan rings is 1. The van der Waals surface area contributed by atoms with Gasteiger partial charge in [0.05, 0.1) is 23.5 Å². The fraction of sp³-hybridized carbons (Fsp3) is 0.364. The van der Waals surface area contributed by atoms with Gasteiger partial charge in [0.15, 0.2) is 5.58 Å². The Balaban J connectivity index is 2.61. The lowest BCUT2D eigenvalue weighted by Gasteiger charge is -2.01. The van der Waals surface area contributed by atoms with Crippen molar-refractivity contribution >= 4 is 22.6 Å². The van der Waals surface area contributed by atoms with Crippen molar-refractivity contribution in [2.75, 3.05) is 0 Å². The molecule has 0 amide bonds. The van der Waals surface area contributed by atoms with E-state index in [0.717, 1.165) is 23.1 Å². The van der Waals surface area contributed by atoms with Crippen molar-refractivity contribution in [2.24, 2.45) is 0 Å². The van der Waals surface area contributed by atoms with Crippen molar-refractivity contribution in [3.8, 4) is 0 Å². The predicted molar refractivity (Wildman–Crippen MR) is 57.7 cm³/mol. The summed E-state index contributed by atoms with van der Waals surface area (Å²) in [5.41, 5.74) is 2.94. The van der Waals surface area contributed by atoms with Gasteiger partial charge in [-0.2, -0.15) is 0 Å². The van der Waals surface area contributed by atoms with Crippen LogP contribution in [0.15, 0.2) is 22.9 Å². The van der Waals surface area contributed by atoms with Gasteiger partial charge in [0.25, 0.3) is 0 Å². The van der Waals surface area contributed by atoms with Crippen LogP contribution in [0.5, 0.6) is 0 Å². The Bertz CT molecular complexity index is 447. The molecule has 2 nitrogen and oxygen atoms in total. The average Bonchev–Trinajstić information content (AvgIpc) is 2.59. The van der Waals surface area contributed by atoms with Gasteiger partial charge in [-0.15, -0.1) is 11.6 Å². The van der Waals surface area contributed by atoms with Gasteiger partial charge in [0.2, 0.25) is 0 Å². The quantitative estimate of drug-likeness (QED) is 0.705. The molecule has 0 saturated heterocycles. The van der Waals surface area contributed by atoms with Crippen molar-refractivity contribution < 1.29 is 4.42 Å². The number of rotatable bonds is 2. The van der Waals surface area contributed by atoms with Crippen LogP contribution >= 0.6 is 11.6 Å². The SMILES string of the molecule is CCc1coc2cnc(C(C)Cl)cc12. The molecule has 2 aromatic heterocycles. The van der Waals surface area contributed by atoms with Crippen molar-refractivity contribution in [3.05, 3.63) is 29.8 Å². The molecule has 1 atom stereocenters. The second-order valence-corrected chi connectivity index (χ2v) is 3.99. The fourth-order valence-corrected chi connectivity index (χ4v) is 1.61. The van der Waals surface area contributed by atoms with Gasteiger partial charge in [0.1, 0.15) is 0 Å². The summed E-state index contributed by atoms with van der Waals surface area (Å²) in [7, 11) is 0. The highest BCUT2D eigenvalue weighted by Gasteiger charge is 2.08. The van der Waals surface area contributed by atoms with E-state index in [1.165, 1.54) is 5.56 Å². The molecule has 0 saturated carbocycles. The molecule has 0 radical (unpaired) electrons. The summed E-state index contributed by atoms with van der Waals surface area (Å²) in [6, 6.07) is 2.01. The van der Waals surface area contributed by atoms with Crippen LogP contribution in [0.1, 0.15) is 30.5 Å². The normalized spacial score (nSPS) is 13.4. The monoisotopic (exact) mass is 209 g/mol. The molecule has 2 aromatic rings. The Kier molecular flexibility index (Phi) is 2.46. The maximum Gasteiger partial charge on any atom is 0.152 e. The summed E-state index contributed by atoms with van der Waals surface area (Å²) in [6.45, 7) is 4.02. The molecule has 0 aliphatic heterocycles. The van der Waals surface area contributed by atoms with Crippen LogP contribution in [0.4, 0.5) is 0 Å². The van der Waals surface area contributed by atoms with Crippen LogP contribution in [-0.2, 0) is 6.42 Å². The Hall–Kier alpha value is -1.02. The molecule has 0 fully saturated rings. The zero-order valence-electron chi connectivity index (χ0n) is 8.25. The van der Waals surface area contributed by atoms with Crippen LogP contribution < -0.4 is 0 Å². The van der Waals surface area contributed by atoms with E-state index in [1.54, 1.807) is 12.5 Å². The zero-order valence-corrected chi connectivity index (χ0v) is 9.01. The van der Waals surface area contributed by atoms with Crippen LogP contribution in [0.25, 0.3) is 11.0 Å². The first-order chi connectivity index (χ1) is 6.72. The van der Waals surface area contributed by atoms with Gasteiger partial charge >= 0.3 is 0 Å². The van der Waals surface area contributed by atoms with E-state index < -0.39 is 0 Å². The van der Waals surface area contributed by atoms with Crippen LogP contribution in [0, 0.1) is 0 Å². The molecule has 2 rings (SSSR count). The third kappa shape index (κ3) is 1.50. The summed E-state index contributed by atoms with van der Waals surface area (Å²) < 4.78 is 5.37. The number of halogens is 1. The standard InChI is InChI=1S/C11H12ClNO/c1-3-8-6-14-11-5-13-10(7(2)12)4-9(8)11/h4-7H,3H2,1-2H3. The van der Waals surface area contributed by atoms with E-state index in [4.69, 9.17) is 16.0 Å². The van der Waals surface area contributed by atoms with Gasteiger partial charge in [-0.25, -0.2) is 0 Å². The molecule has 0 aromatic carbocycles. The zero-order chi connectivity index (χ0) is 10.1. The van der Waals surface area contributed by atoms with Gasteiger partial charge in [-0.3, -0.25) is 4.98 Å². The first-order valence-corrected chi connectivity index (χ1v) is 5.16. The molecular weight excluding hydrogens is 198 g/mol. The van der Waals surface area contributed by atoms with Gasteiger partial charge < -0.3 is 4.42 Å². The van der Waals surface area contributed by atoms with Crippen molar-refractivity contribution in [2.45, 2.75) is 25.6 Å². The molecule has 2 heterocycles. The number of aryl methyl sites for hydroxylation is 1.